The van der Waals surface area contributed by atoms with Crippen LogP contribution in [0.1, 0.15) is 16.7 Å². The maximum absolute atomic E-state index is 12.0. The number of hydrogen-bond acceptors (Lipinski definition) is 4. The van der Waals surface area contributed by atoms with Crippen molar-refractivity contribution in [1.82, 2.24) is 20.5 Å². The first-order valence-corrected chi connectivity index (χ1v) is 7.64. The lowest BCUT2D eigenvalue weighted by atomic mass is 10.0. The zero-order valence-electron chi connectivity index (χ0n) is 13.3. The van der Waals surface area contributed by atoms with Gasteiger partial charge in [0.1, 0.15) is 0 Å². The quantitative estimate of drug-likeness (QED) is 0.704. The molecule has 6 nitrogen and oxygen atoms in total. The summed E-state index contributed by atoms with van der Waals surface area (Å²) in [4.78, 5) is 16.1. The van der Waals surface area contributed by atoms with E-state index < -0.39 is 0 Å². The Morgan fingerprint density at radius 3 is 2.80 bits per heavy atom. The molecule has 6 heteroatoms. The summed E-state index contributed by atoms with van der Waals surface area (Å²) in [5.41, 5.74) is 4.23. The van der Waals surface area contributed by atoms with Crippen LogP contribution in [-0.2, 0) is 11.3 Å². The van der Waals surface area contributed by atoms with Gasteiger partial charge in [0.15, 0.2) is 0 Å². The summed E-state index contributed by atoms with van der Waals surface area (Å²) < 4.78 is 0. The van der Waals surface area contributed by atoms with Gasteiger partial charge in [-0.1, -0.05) is 12.1 Å². The van der Waals surface area contributed by atoms with Crippen molar-refractivity contribution in [2.24, 2.45) is 0 Å². The van der Waals surface area contributed by atoms with E-state index in [4.69, 9.17) is 5.26 Å². The van der Waals surface area contributed by atoms with Crippen LogP contribution in [0, 0.1) is 11.3 Å². The molecule has 0 aliphatic rings. The number of nitrogens with one attached hydrogen (secondary N) is 2. The second-order valence-electron chi connectivity index (χ2n) is 5.31. The molecule has 3 rings (SSSR count). The van der Waals surface area contributed by atoms with E-state index in [0.29, 0.717) is 12.1 Å². The van der Waals surface area contributed by atoms with Gasteiger partial charge in [-0.15, -0.1) is 0 Å². The van der Waals surface area contributed by atoms with Gasteiger partial charge in [-0.3, -0.25) is 14.9 Å². The van der Waals surface area contributed by atoms with Crippen LogP contribution in [0.4, 0.5) is 0 Å². The number of pyridine rings is 1. The van der Waals surface area contributed by atoms with Gasteiger partial charge in [0.25, 0.3) is 0 Å². The first-order valence-electron chi connectivity index (χ1n) is 7.64. The molecule has 0 radical (unpaired) electrons. The van der Waals surface area contributed by atoms with Crippen LogP contribution in [0.5, 0.6) is 0 Å². The van der Waals surface area contributed by atoms with Crippen LogP contribution in [0.15, 0.2) is 61.2 Å². The summed E-state index contributed by atoms with van der Waals surface area (Å²) in [5.74, 6) is -0.202. The molecule has 25 heavy (non-hydrogen) atoms. The second kappa shape index (κ2) is 7.70. The van der Waals surface area contributed by atoms with Crippen molar-refractivity contribution in [3.05, 3.63) is 77.9 Å². The molecular formula is C19H15N5O. The van der Waals surface area contributed by atoms with E-state index in [1.165, 1.54) is 6.08 Å². The molecule has 0 atom stereocenters. The molecule has 2 aromatic heterocycles. The second-order valence-corrected chi connectivity index (χ2v) is 5.31. The highest BCUT2D eigenvalue weighted by atomic mass is 16.1. The number of H-pyrrole nitrogens is 1. The number of aromatic amines is 1. The number of nitriles is 1. The third-order valence-electron chi connectivity index (χ3n) is 3.63. The summed E-state index contributed by atoms with van der Waals surface area (Å²) >= 11 is 0. The Labute approximate surface area is 144 Å². The Balaban J connectivity index is 1.64. The first-order chi connectivity index (χ1) is 12.3. The molecule has 2 N–H and O–H groups in total. The Bertz CT molecular complexity index is 921. The summed E-state index contributed by atoms with van der Waals surface area (Å²) in [6.07, 6.45) is 10.1. The minimum Gasteiger partial charge on any atom is -0.348 e. The van der Waals surface area contributed by atoms with Crippen LogP contribution in [0.3, 0.4) is 0 Å². The molecule has 0 bridgehead atoms. The highest BCUT2D eigenvalue weighted by Crippen LogP contribution is 2.22. The van der Waals surface area contributed by atoms with Gasteiger partial charge < -0.3 is 5.32 Å². The van der Waals surface area contributed by atoms with E-state index in [2.05, 4.69) is 26.6 Å². The van der Waals surface area contributed by atoms with Gasteiger partial charge in [0.05, 0.1) is 17.8 Å². The highest BCUT2D eigenvalue weighted by molar-refractivity contribution is 5.92. The normalized spacial score (nSPS) is 10.5. The average Bonchev–Trinajstić information content (AvgIpc) is 3.20. The molecule has 0 saturated heterocycles. The summed E-state index contributed by atoms with van der Waals surface area (Å²) in [5, 5.41) is 18.3. The molecule has 0 aliphatic heterocycles. The topological polar surface area (TPSA) is 94.5 Å². The summed E-state index contributed by atoms with van der Waals surface area (Å²) in [6, 6.07) is 11.0. The Morgan fingerprint density at radius 1 is 1.24 bits per heavy atom. The number of hydrogen-bond donors (Lipinski definition) is 2. The van der Waals surface area contributed by atoms with Gasteiger partial charge >= 0.3 is 0 Å². The maximum Gasteiger partial charge on any atom is 0.244 e. The molecule has 0 saturated carbocycles. The lowest BCUT2D eigenvalue weighted by Gasteiger charge is -2.04. The number of aromatic nitrogens is 3. The van der Waals surface area contributed by atoms with Gasteiger partial charge in [0, 0.05) is 42.3 Å². The lowest BCUT2D eigenvalue weighted by Crippen LogP contribution is -2.20. The van der Waals surface area contributed by atoms with Crippen molar-refractivity contribution in [2.45, 2.75) is 6.54 Å². The number of benzene rings is 1. The first kappa shape index (κ1) is 16.1. The van der Waals surface area contributed by atoms with E-state index in [1.807, 2.05) is 18.2 Å². The minimum absolute atomic E-state index is 0.202. The van der Waals surface area contributed by atoms with Crippen molar-refractivity contribution < 1.29 is 4.79 Å². The van der Waals surface area contributed by atoms with Crippen molar-refractivity contribution in [3.63, 3.8) is 0 Å². The maximum atomic E-state index is 12.0. The number of nitrogens with zero attached hydrogens (tertiary/aromatic N) is 3. The van der Waals surface area contributed by atoms with E-state index in [1.54, 1.807) is 43.0 Å². The molecule has 122 valence electrons. The van der Waals surface area contributed by atoms with Gasteiger partial charge in [0.2, 0.25) is 5.91 Å². The zero-order chi connectivity index (χ0) is 17.5. The fourth-order valence-corrected chi connectivity index (χ4v) is 2.31. The number of amides is 1. The largest absolute Gasteiger partial charge is 0.348 e. The molecule has 1 aromatic carbocycles. The number of rotatable bonds is 5. The smallest absolute Gasteiger partial charge is 0.244 e. The predicted molar refractivity (Wildman–Crippen MR) is 93.9 cm³/mol. The molecule has 0 spiro atoms. The molecule has 3 aromatic rings. The van der Waals surface area contributed by atoms with Gasteiger partial charge in [-0.25, -0.2) is 0 Å². The van der Waals surface area contributed by atoms with E-state index >= 15 is 0 Å². The molecule has 0 fully saturated rings. The monoisotopic (exact) mass is 329 g/mol. The van der Waals surface area contributed by atoms with Crippen molar-refractivity contribution in [2.75, 3.05) is 0 Å². The molecular weight excluding hydrogens is 314 g/mol. The van der Waals surface area contributed by atoms with E-state index in [-0.39, 0.29) is 5.91 Å². The van der Waals surface area contributed by atoms with Crippen LogP contribution in [0.25, 0.3) is 17.2 Å². The Morgan fingerprint density at radius 2 is 2.08 bits per heavy atom. The zero-order valence-corrected chi connectivity index (χ0v) is 13.3. The summed E-state index contributed by atoms with van der Waals surface area (Å²) in [7, 11) is 0. The molecule has 0 unspecified atom stereocenters. The minimum atomic E-state index is -0.202. The highest BCUT2D eigenvalue weighted by Gasteiger charge is 2.04. The SMILES string of the molecule is N#Cc1ccc(CNC(=O)/C=C/c2cnccc2-c2cn[nH]c2)cc1. The number of carbonyl (C=O) groups excluding carboxylic acids is 1. The van der Waals surface area contributed by atoms with Gasteiger partial charge in [-0.2, -0.15) is 10.4 Å². The average molecular weight is 329 g/mol. The van der Waals surface area contributed by atoms with Crippen LogP contribution < -0.4 is 5.32 Å². The molecule has 0 aliphatic carbocycles. The van der Waals surface area contributed by atoms with E-state index in [0.717, 1.165) is 22.3 Å². The van der Waals surface area contributed by atoms with Crippen molar-refractivity contribution >= 4 is 12.0 Å². The van der Waals surface area contributed by atoms with Crippen LogP contribution in [-0.4, -0.2) is 21.1 Å². The van der Waals surface area contributed by atoms with Crippen LogP contribution >= 0.6 is 0 Å². The van der Waals surface area contributed by atoms with Crippen LogP contribution in [0.2, 0.25) is 0 Å². The Kier molecular flexibility index (Phi) is 4.98. The summed E-state index contributed by atoms with van der Waals surface area (Å²) in [6.45, 7) is 0.399. The lowest BCUT2D eigenvalue weighted by molar-refractivity contribution is -0.116. The fraction of sp³-hybridized carbons (Fsp3) is 0.0526. The molecule has 1 amide bonds. The van der Waals surface area contributed by atoms with E-state index in [9.17, 15) is 4.79 Å². The molecule has 2 heterocycles. The predicted octanol–water partition coefficient (Wildman–Crippen LogP) is 2.67. The third-order valence-corrected chi connectivity index (χ3v) is 3.63. The van der Waals surface area contributed by atoms with Crippen molar-refractivity contribution in [3.8, 4) is 17.2 Å². The Hall–Kier alpha value is -3.72. The number of carbonyl (C=O) groups is 1. The standard InChI is InChI=1S/C19H15N5O/c20-9-14-1-3-15(4-2-14)10-22-19(25)6-5-16-11-21-8-7-18(16)17-12-23-24-13-17/h1-8,11-13H,10H2,(H,22,25)(H,23,24)/b6-5+. The third kappa shape index (κ3) is 4.18. The van der Waals surface area contributed by atoms with Gasteiger partial charge in [-0.05, 0) is 35.4 Å². The fourth-order valence-electron chi connectivity index (χ4n) is 2.31. The van der Waals surface area contributed by atoms with Crippen molar-refractivity contribution in [1.29, 1.82) is 5.26 Å².